The molecule has 2 rings (SSSR count). The van der Waals surface area contributed by atoms with Gasteiger partial charge in [0.2, 0.25) is 0 Å². The molecule has 1 heterocycles. The van der Waals surface area contributed by atoms with Crippen LogP contribution in [-0.4, -0.2) is 45.0 Å². The van der Waals surface area contributed by atoms with Crippen molar-refractivity contribution >= 4 is 11.8 Å². The van der Waals surface area contributed by atoms with Crippen molar-refractivity contribution in [2.24, 2.45) is 5.73 Å². The van der Waals surface area contributed by atoms with Crippen LogP contribution in [0, 0.1) is 0 Å². The molecule has 0 bridgehead atoms. The summed E-state index contributed by atoms with van der Waals surface area (Å²) in [6.45, 7) is 7.96. The number of amides is 1. The highest BCUT2D eigenvalue weighted by Gasteiger charge is 2.20. The zero-order valence-corrected chi connectivity index (χ0v) is 14.4. The van der Waals surface area contributed by atoms with Crippen molar-refractivity contribution in [3.05, 3.63) is 23.8 Å². The van der Waals surface area contributed by atoms with Crippen molar-refractivity contribution in [1.82, 2.24) is 5.32 Å². The maximum absolute atomic E-state index is 11.8. The Hall–Kier alpha value is -1.95. The molecule has 0 saturated carbocycles. The maximum Gasteiger partial charge on any atom is 0.407 e. The first kappa shape index (κ1) is 17.4. The molecule has 1 unspecified atom stereocenters. The largest absolute Gasteiger partial charge is 0.490 e. The Bertz CT molecular complexity index is 555. The second kappa shape index (κ2) is 7.08. The third-order valence-corrected chi connectivity index (χ3v) is 3.73. The van der Waals surface area contributed by atoms with Crippen LogP contribution in [0.15, 0.2) is 18.2 Å². The topological polar surface area (TPSA) is 76.8 Å². The summed E-state index contributed by atoms with van der Waals surface area (Å²) in [5.41, 5.74) is 7.53. The van der Waals surface area contributed by atoms with Gasteiger partial charge < -0.3 is 25.4 Å². The average Bonchev–Trinajstić information content (AvgIpc) is 2.47. The van der Waals surface area contributed by atoms with Crippen molar-refractivity contribution in [1.29, 1.82) is 0 Å². The minimum Gasteiger partial charge on any atom is -0.490 e. The fourth-order valence-corrected chi connectivity index (χ4v) is 2.48. The molecule has 0 aromatic heterocycles. The summed E-state index contributed by atoms with van der Waals surface area (Å²) in [5, 5.41) is 2.79. The van der Waals surface area contributed by atoms with Crippen molar-refractivity contribution in [3.8, 4) is 5.75 Å². The Labute approximate surface area is 137 Å². The van der Waals surface area contributed by atoms with E-state index in [9.17, 15) is 4.79 Å². The number of likely N-dealkylation sites (N-methyl/N-ethyl adjacent to an activating group) is 1. The summed E-state index contributed by atoms with van der Waals surface area (Å²) in [5.74, 6) is 0.918. The third-order valence-electron chi connectivity index (χ3n) is 3.73. The van der Waals surface area contributed by atoms with E-state index in [2.05, 4.69) is 16.3 Å². The summed E-state index contributed by atoms with van der Waals surface area (Å²) in [4.78, 5) is 14.0. The standard InChI is InChI=1S/C17H27N3O3/c1-17(2,3)23-16(21)19-11-13(10-18)12-5-6-15-14(9-12)20(4)7-8-22-15/h5-6,9,13H,7-8,10-11,18H2,1-4H3,(H,19,21). The van der Waals surface area contributed by atoms with Crippen LogP contribution in [0.3, 0.4) is 0 Å². The van der Waals surface area contributed by atoms with E-state index in [0.717, 1.165) is 23.5 Å². The first-order chi connectivity index (χ1) is 10.8. The highest BCUT2D eigenvalue weighted by Crippen LogP contribution is 2.33. The molecule has 0 saturated heterocycles. The number of ether oxygens (including phenoxy) is 2. The van der Waals surface area contributed by atoms with Crippen molar-refractivity contribution in [2.45, 2.75) is 32.3 Å². The van der Waals surface area contributed by atoms with E-state index >= 15 is 0 Å². The molecular formula is C17H27N3O3. The van der Waals surface area contributed by atoms with Crippen molar-refractivity contribution in [2.75, 3.05) is 38.2 Å². The van der Waals surface area contributed by atoms with Gasteiger partial charge in [-0.05, 0) is 38.5 Å². The maximum atomic E-state index is 11.8. The number of carbonyl (C=O) groups is 1. The van der Waals surface area contributed by atoms with Gasteiger partial charge in [0.1, 0.15) is 18.0 Å². The molecular weight excluding hydrogens is 294 g/mol. The Balaban J connectivity index is 2.03. The molecule has 23 heavy (non-hydrogen) atoms. The highest BCUT2D eigenvalue weighted by atomic mass is 16.6. The zero-order valence-electron chi connectivity index (χ0n) is 14.4. The van der Waals surface area contributed by atoms with Crippen LogP contribution < -0.4 is 20.7 Å². The number of fused-ring (bicyclic) bond motifs is 1. The molecule has 6 nitrogen and oxygen atoms in total. The van der Waals surface area contributed by atoms with Crippen LogP contribution in [0.25, 0.3) is 0 Å². The summed E-state index contributed by atoms with van der Waals surface area (Å²) in [6.07, 6.45) is -0.422. The zero-order chi connectivity index (χ0) is 17.0. The van der Waals surface area contributed by atoms with Gasteiger partial charge in [0.25, 0.3) is 0 Å². The van der Waals surface area contributed by atoms with E-state index in [1.165, 1.54) is 0 Å². The fraction of sp³-hybridized carbons (Fsp3) is 0.588. The second-order valence-electron chi connectivity index (χ2n) is 6.81. The number of nitrogens with one attached hydrogen (secondary N) is 1. The summed E-state index contributed by atoms with van der Waals surface area (Å²) in [7, 11) is 2.04. The molecule has 128 valence electrons. The number of nitrogens with two attached hydrogens (primary N) is 1. The van der Waals surface area contributed by atoms with Gasteiger partial charge in [0.05, 0.1) is 12.2 Å². The third kappa shape index (κ3) is 4.76. The Morgan fingerprint density at radius 2 is 2.22 bits per heavy atom. The van der Waals surface area contributed by atoms with E-state index in [-0.39, 0.29) is 5.92 Å². The van der Waals surface area contributed by atoms with Crippen LogP contribution in [0.2, 0.25) is 0 Å². The smallest absolute Gasteiger partial charge is 0.407 e. The monoisotopic (exact) mass is 321 g/mol. The van der Waals surface area contributed by atoms with Gasteiger partial charge in [-0.1, -0.05) is 6.07 Å². The van der Waals surface area contributed by atoms with Crippen LogP contribution in [0.1, 0.15) is 32.3 Å². The number of rotatable bonds is 4. The summed E-state index contributed by atoms with van der Waals surface area (Å²) >= 11 is 0. The average molecular weight is 321 g/mol. The van der Waals surface area contributed by atoms with Crippen LogP contribution >= 0.6 is 0 Å². The van der Waals surface area contributed by atoms with Gasteiger partial charge in [-0.25, -0.2) is 4.79 Å². The first-order valence-electron chi connectivity index (χ1n) is 7.95. The Kier molecular flexibility index (Phi) is 5.36. The van der Waals surface area contributed by atoms with E-state index < -0.39 is 11.7 Å². The lowest BCUT2D eigenvalue weighted by Crippen LogP contribution is -2.36. The normalized spacial score (nSPS) is 15.4. The molecule has 1 aromatic carbocycles. The molecule has 0 radical (unpaired) electrons. The predicted octanol–water partition coefficient (Wildman–Crippen LogP) is 2.08. The molecule has 0 aliphatic carbocycles. The number of hydrogen-bond donors (Lipinski definition) is 2. The second-order valence-corrected chi connectivity index (χ2v) is 6.81. The number of hydrogen-bond acceptors (Lipinski definition) is 5. The van der Waals surface area contributed by atoms with Crippen LogP contribution in [-0.2, 0) is 4.74 Å². The van der Waals surface area contributed by atoms with E-state index in [1.54, 1.807) is 0 Å². The Morgan fingerprint density at radius 1 is 1.48 bits per heavy atom. The molecule has 1 amide bonds. The Morgan fingerprint density at radius 3 is 2.87 bits per heavy atom. The lowest BCUT2D eigenvalue weighted by atomic mass is 9.98. The van der Waals surface area contributed by atoms with Crippen molar-refractivity contribution in [3.63, 3.8) is 0 Å². The number of benzene rings is 1. The molecule has 0 fully saturated rings. The lowest BCUT2D eigenvalue weighted by Gasteiger charge is -2.29. The molecule has 1 aliphatic rings. The number of carbonyl (C=O) groups excluding carboxylic acids is 1. The number of alkyl carbamates (subject to hydrolysis) is 1. The van der Waals surface area contributed by atoms with Crippen LogP contribution in [0.4, 0.5) is 10.5 Å². The SMILES string of the molecule is CN1CCOc2ccc(C(CN)CNC(=O)OC(C)(C)C)cc21. The molecule has 6 heteroatoms. The van der Waals surface area contributed by atoms with Crippen molar-refractivity contribution < 1.29 is 14.3 Å². The highest BCUT2D eigenvalue weighted by molar-refractivity contribution is 5.68. The van der Waals surface area contributed by atoms with Gasteiger partial charge in [-0.3, -0.25) is 0 Å². The van der Waals surface area contributed by atoms with Gasteiger partial charge in [0.15, 0.2) is 0 Å². The van der Waals surface area contributed by atoms with Gasteiger partial charge in [-0.15, -0.1) is 0 Å². The molecule has 1 atom stereocenters. The molecule has 1 aromatic rings. The van der Waals surface area contributed by atoms with Gasteiger partial charge in [-0.2, -0.15) is 0 Å². The summed E-state index contributed by atoms with van der Waals surface area (Å²) < 4.78 is 10.9. The lowest BCUT2D eigenvalue weighted by molar-refractivity contribution is 0.0525. The predicted molar refractivity (Wildman–Crippen MR) is 91.2 cm³/mol. The number of anilines is 1. The molecule has 0 spiro atoms. The van der Waals surface area contributed by atoms with E-state index in [1.807, 2.05) is 40.0 Å². The first-order valence-corrected chi connectivity index (χ1v) is 7.95. The van der Waals surface area contributed by atoms with Gasteiger partial charge in [0, 0.05) is 26.1 Å². The quantitative estimate of drug-likeness (QED) is 0.888. The molecule has 1 aliphatic heterocycles. The molecule has 3 N–H and O–H groups in total. The van der Waals surface area contributed by atoms with Crippen LogP contribution in [0.5, 0.6) is 5.75 Å². The van der Waals surface area contributed by atoms with Gasteiger partial charge >= 0.3 is 6.09 Å². The fourth-order valence-electron chi connectivity index (χ4n) is 2.48. The minimum absolute atomic E-state index is 0.0307. The number of nitrogens with zero attached hydrogens (tertiary/aromatic N) is 1. The van der Waals surface area contributed by atoms with E-state index in [4.69, 9.17) is 15.2 Å². The minimum atomic E-state index is -0.506. The summed E-state index contributed by atoms with van der Waals surface area (Å²) in [6, 6.07) is 6.06. The van der Waals surface area contributed by atoms with E-state index in [0.29, 0.717) is 19.7 Å².